The summed E-state index contributed by atoms with van der Waals surface area (Å²) in [6.07, 6.45) is 0. The molecule has 0 radical (unpaired) electrons. The molecule has 0 bridgehead atoms. The predicted molar refractivity (Wildman–Crippen MR) is 78.2 cm³/mol. The van der Waals surface area contributed by atoms with Gasteiger partial charge < -0.3 is 14.8 Å². The number of nitrogens with one attached hydrogen (secondary N) is 1. The fourth-order valence-electron chi connectivity index (χ4n) is 1.48. The zero-order chi connectivity index (χ0) is 14.3. The highest BCUT2D eigenvalue weighted by Gasteiger charge is 2.08. The molecule has 0 saturated heterocycles. The highest BCUT2D eigenvalue weighted by atomic mass is 79.9. The molecule has 1 N–H and O–H groups in total. The van der Waals surface area contributed by atoms with Crippen LogP contribution in [0.4, 0.5) is 0 Å². The SMILES string of the molecule is CCOC(=O)COc1ccc(Br)cc1CNC(C)C. The van der Waals surface area contributed by atoms with Gasteiger partial charge in [0, 0.05) is 22.6 Å². The van der Waals surface area contributed by atoms with Crippen molar-refractivity contribution in [3.05, 3.63) is 28.2 Å². The Morgan fingerprint density at radius 2 is 2.16 bits per heavy atom. The molecular formula is C14H20BrNO3. The second-order valence-corrected chi connectivity index (χ2v) is 5.30. The van der Waals surface area contributed by atoms with Gasteiger partial charge in [0.1, 0.15) is 5.75 Å². The third-order valence-corrected chi connectivity index (χ3v) is 2.87. The van der Waals surface area contributed by atoms with E-state index in [2.05, 4.69) is 35.1 Å². The van der Waals surface area contributed by atoms with Crippen molar-refractivity contribution in [2.45, 2.75) is 33.4 Å². The molecule has 0 aliphatic carbocycles. The Morgan fingerprint density at radius 3 is 2.79 bits per heavy atom. The molecule has 0 heterocycles. The fourth-order valence-corrected chi connectivity index (χ4v) is 1.89. The number of ether oxygens (including phenoxy) is 2. The van der Waals surface area contributed by atoms with Crippen LogP contribution in [-0.2, 0) is 16.1 Å². The number of carbonyl (C=O) groups is 1. The van der Waals surface area contributed by atoms with Crippen LogP contribution in [0.15, 0.2) is 22.7 Å². The van der Waals surface area contributed by atoms with E-state index in [1.54, 1.807) is 6.92 Å². The van der Waals surface area contributed by atoms with E-state index in [4.69, 9.17) is 9.47 Å². The fraction of sp³-hybridized carbons (Fsp3) is 0.500. The van der Waals surface area contributed by atoms with Gasteiger partial charge >= 0.3 is 5.97 Å². The Bertz CT molecular complexity index is 421. The average Bonchev–Trinajstić information content (AvgIpc) is 2.35. The molecule has 1 rings (SSSR count). The van der Waals surface area contributed by atoms with Gasteiger partial charge in [-0.2, -0.15) is 0 Å². The zero-order valence-electron chi connectivity index (χ0n) is 11.5. The minimum atomic E-state index is -0.354. The summed E-state index contributed by atoms with van der Waals surface area (Å²) < 4.78 is 11.3. The smallest absolute Gasteiger partial charge is 0.344 e. The van der Waals surface area contributed by atoms with Gasteiger partial charge in [0.05, 0.1) is 6.61 Å². The molecule has 0 unspecified atom stereocenters. The van der Waals surface area contributed by atoms with Crippen LogP contribution in [-0.4, -0.2) is 25.2 Å². The molecule has 1 aromatic carbocycles. The maximum absolute atomic E-state index is 11.3. The number of hydrogen-bond donors (Lipinski definition) is 1. The highest BCUT2D eigenvalue weighted by Crippen LogP contribution is 2.23. The van der Waals surface area contributed by atoms with Crippen LogP contribution in [0.5, 0.6) is 5.75 Å². The largest absolute Gasteiger partial charge is 0.482 e. The van der Waals surface area contributed by atoms with E-state index in [9.17, 15) is 4.79 Å². The van der Waals surface area contributed by atoms with Crippen molar-refractivity contribution in [3.8, 4) is 5.75 Å². The molecule has 4 nitrogen and oxygen atoms in total. The van der Waals surface area contributed by atoms with Crippen molar-refractivity contribution < 1.29 is 14.3 Å². The Labute approximate surface area is 122 Å². The second kappa shape index (κ2) is 8.17. The third kappa shape index (κ3) is 6.07. The van der Waals surface area contributed by atoms with E-state index in [0.717, 1.165) is 10.0 Å². The summed E-state index contributed by atoms with van der Waals surface area (Å²) in [5, 5.41) is 3.33. The summed E-state index contributed by atoms with van der Waals surface area (Å²) in [6, 6.07) is 6.10. The molecule has 19 heavy (non-hydrogen) atoms. The van der Waals surface area contributed by atoms with Crippen molar-refractivity contribution in [1.82, 2.24) is 5.32 Å². The Kier molecular flexibility index (Phi) is 6.87. The van der Waals surface area contributed by atoms with E-state index in [-0.39, 0.29) is 12.6 Å². The first-order valence-electron chi connectivity index (χ1n) is 6.33. The average molecular weight is 330 g/mol. The van der Waals surface area contributed by atoms with Crippen molar-refractivity contribution in [1.29, 1.82) is 0 Å². The van der Waals surface area contributed by atoms with Gasteiger partial charge in [-0.3, -0.25) is 0 Å². The van der Waals surface area contributed by atoms with E-state index < -0.39 is 0 Å². The lowest BCUT2D eigenvalue weighted by molar-refractivity contribution is -0.145. The summed E-state index contributed by atoms with van der Waals surface area (Å²) >= 11 is 3.43. The standard InChI is InChI=1S/C14H20BrNO3/c1-4-18-14(17)9-19-13-6-5-12(15)7-11(13)8-16-10(2)3/h5-7,10,16H,4,8-9H2,1-3H3. The van der Waals surface area contributed by atoms with Gasteiger partial charge in [-0.1, -0.05) is 29.8 Å². The lowest BCUT2D eigenvalue weighted by Gasteiger charge is -2.14. The van der Waals surface area contributed by atoms with Crippen molar-refractivity contribution in [2.75, 3.05) is 13.2 Å². The van der Waals surface area contributed by atoms with Gasteiger partial charge in [-0.25, -0.2) is 4.79 Å². The van der Waals surface area contributed by atoms with Crippen LogP contribution >= 0.6 is 15.9 Å². The monoisotopic (exact) mass is 329 g/mol. The molecular weight excluding hydrogens is 310 g/mol. The lowest BCUT2D eigenvalue weighted by atomic mass is 10.2. The summed E-state index contributed by atoms with van der Waals surface area (Å²) in [7, 11) is 0. The lowest BCUT2D eigenvalue weighted by Crippen LogP contribution is -2.22. The van der Waals surface area contributed by atoms with Crippen LogP contribution in [0.25, 0.3) is 0 Å². The van der Waals surface area contributed by atoms with Crippen LogP contribution in [0, 0.1) is 0 Å². The number of halogens is 1. The predicted octanol–water partition coefficient (Wildman–Crippen LogP) is 2.89. The van der Waals surface area contributed by atoms with Crippen LogP contribution < -0.4 is 10.1 Å². The zero-order valence-corrected chi connectivity index (χ0v) is 13.1. The molecule has 5 heteroatoms. The summed E-state index contributed by atoms with van der Waals surface area (Å²) in [5.41, 5.74) is 1.01. The van der Waals surface area contributed by atoms with Gasteiger partial charge in [-0.05, 0) is 25.1 Å². The Hall–Kier alpha value is -1.07. The molecule has 0 aliphatic rings. The number of rotatable bonds is 7. The van der Waals surface area contributed by atoms with Gasteiger partial charge in [-0.15, -0.1) is 0 Å². The highest BCUT2D eigenvalue weighted by molar-refractivity contribution is 9.10. The quantitative estimate of drug-likeness (QED) is 0.781. The first-order chi connectivity index (χ1) is 9.02. The van der Waals surface area contributed by atoms with Crippen LogP contribution in [0.1, 0.15) is 26.3 Å². The summed E-state index contributed by atoms with van der Waals surface area (Å²) in [4.78, 5) is 11.3. The summed E-state index contributed by atoms with van der Waals surface area (Å²) in [5.74, 6) is 0.345. The molecule has 0 aromatic heterocycles. The minimum absolute atomic E-state index is 0.0653. The topological polar surface area (TPSA) is 47.6 Å². The van der Waals surface area contributed by atoms with E-state index >= 15 is 0 Å². The van der Waals surface area contributed by atoms with Crippen molar-refractivity contribution in [3.63, 3.8) is 0 Å². The Balaban J connectivity index is 2.67. The maximum Gasteiger partial charge on any atom is 0.344 e. The number of carbonyl (C=O) groups excluding carboxylic acids is 1. The van der Waals surface area contributed by atoms with E-state index in [1.165, 1.54) is 0 Å². The molecule has 106 valence electrons. The van der Waals surface area contributed by atoms with E-state index in [0.29, 0.717) is 24.9 Å². The molecule has 0 spiro atoms. The van der Waals surface area contributed by atoms with Crippen LogP contribution in [0.2, 0.25) is 0 Å². The normalized spacial score (nSPS) is 10.6. The molecule has 0 saturated carbocycles. The first kappa shape index (κ1) is 16.0. The van der Waals surface area contributed by atoms with Crippen LogP contribution in [0.3, 0.4) is 0 Å². The van der Waals surface area contributed by atoms with Crippen molar-refractivity contribution >= 4 is 21.9 Å². The molecule has 0 atom stereocenters. The van der Waals surface area contributed by atoms with Gasteiger partial charge in [0.15, 0.2) is 6.61 Å². The molecule has 1 aromatic rings. The molecule has 0 fully saturated rings. The van der Waals surface area contributed by atoms with E-state index in [1.807, 2.05) is 18.2 Å². The van der Waals surface area contributed by atoms with Gasteiger partial charge in [0.2, 0.25) is 0 Å². The maximum atomic E-state index is 11.3. The number of esters is 1. The minimum Gasteiger partial charge on any atom is -0.482 e. The summed E-state index contributed by atoms with van der Waals surface area (Å²) in [6.45, 7) is 6.92. The number of benzene rings is 1. The second-order valence-electron chi connectivity index (χ2n) is 4.38. The first-order valence-corrected chi connectivity index (χ1v) is 7.12. The Morgan fingerprint density at radius 1 is 1.42 bits per heavy atom. The van der Waals surface area contributed by atoms with Gasteiger partial charge in [0.25, 0.3) is 0 Å². The molecule has 0 amide bonds. The number of hydrogen-bond acceptors (Lipinski definition) is 4. The van der Waals surface area contributed by atoms with Crippen molar-refractivity contribution in [2.24, 2.45) is 0 Å². The molecule has 0 aliphatic heterocycles. The third-order valence-electron chi connectivity index (χ3n) is 2.37.